The fraction of sp³-hybridized carbons (Fsp3) is 0.391. The third-order valence-corrected chi connectivity index (χ3v) is 4.01. The Balaban J connectivity index is 0.000000891. The van der Waals surface area contributed by atoms with Gasteiger partial charge >= 0.3 is 0 Å². The van der Waals surface area contributed by atoms with Gasteiger partial charge in [0.05, 0.1) is 6.67 Å². The molecule has 2 aromatic rings. The van der Waals surface area contributed by atoms with Crippen molar-refractivity contribution in [3.05, 3.63) is 65.7 Å². The molecule has 0 atom stereocenters. The summed E-state index contributed by atoms with van der Waals surface area (Å²) in [5.74, 6) is 0. The highest BCUT2D eigenvalue weighted by atomic mass is 19.1. The molecule has 24 heavy (non-hydrogen) atoms. The molecular formula is C23H31F. The van der Waals surface area contributed by atoms with Crippen molar-refractivity contribution in [2.75, 3.05) is 6.67 Å². The second-order valence-electron chi connectivity index (χ2n) is 7.11. The molecule has 0 N–H and O–H groups in total. The van der Waals surface area contributed by atoms with E-state index in [-0.39, 0.29) is 12.1 Å². The van der Waals surface area contributed by atoms with Gasteiger partial charge in [-0.2, -0.15) is 0 Å². The van der Waals surface area contributed by atoms with Crippen molar-refractivity contribution >= 4 is 5.57 Å². The van der Waals surface area contributed by atoms with Gasteiger partial charge in [0, 0.05) is 0 Å². The minimum Gasteiger partial charge on any atom is -0.251 e. The molecule has 0 unspecified atom stereocenters. The molecule has 130 valence electrons. The van der Waals surface area contributed by atoms with E-state index in [4.69, 9.17) is 0 Å². The Morgan fingerprint density at radius 2 is 1.54 bits per heavy atom. The Hall–Kier alpha value is -1.89. The second kappa shape index (κ2) is 8.82. The molecule has 0 saturated carbocycles. The smallest absolute Gasteiger partial charge is 0.0866 e. The van der Waals surface area contributed by atoms with Gasteiger partial charge < -0.3 is 0 Å². The molecule has 0 aliphatic carbocycles. The molecule has 1 heteroatoms. The zero-order chi connectivity index (χ0) is 18.3. The maximum atomic E-state index is 10.3. The quantitative estimate of drug-likeness (QED) is 0.558. The van der Waals surface area contributed by atoms with E-state index in [0.29, 0.717) is 0 Å². The number of aryl methyl sites for hydroxylation is 1. The van der Waals surface area contributed by atoms with Gasteiger partial charge in [0.15, 0.2) is 0 Å². The van der Waals surface area contributed by atoms with Crippen LogP contribution in [0.25, 0.3) is 16.7 Å². The van der Waals surface area contributed by atoms with Crippen molar-refractivity contribution in [1.82, 2.24) is 0 Å². The molecule has 0 amide bonds. The van der Waals surface area contributed by atoms with E-state index in [2.05, 4.69) is 83.7 Å². The second-order valence-corrected chi connectivity index (χ2v) is 7.11. The molecule has 0 bridgehead atoms. The number of allylic oxidation sites excluding steroid dienone is 1. The van der Waals surface area contributed by atoms with Crippen LogP contribution in [0.2, 0.25) is 0 Å². The van der Waals surface area contributed by atoms with Crippen LogP contribution in [-0.4, -0.2) is 6.67 Å². The predicted molar refractivity (Wildman–Crippen MR) is 106 cm³/mol. The first kappa shape index (κ1) is 20.2. The minimum atomic E-state index is -0.250. The average Bonchev–Trinajstić information content (AvgIpc) is 2.54. The first-order chi connectivity index (χ1) is 11.2. The van der Waals surface area contributed by atoms with Crippen molar-refractivity contribution < 1.29 is 4.39 Å². The monoisotopic (exact) mass is 326 g/mol. The maximum absolute atomic E-state index is 10.3. The first-order valence-electron chi connectivity index (χ1n) is 8.70. The van der Waals surface area contributed by atoms with Crippen LogP contribution in [0, 0.1) is 0 Å². The van der Waals surface area contributed by atoms with Crippen LogP contribution in [0.1, 0.15) is 58.2 Å². The largest absolute Gasteiger partial charge is 0.251 e. The van der Waals surface area contributed by atoms with Gasteiger partial charge in [-0.3, -0.25) is 4.39 Å². The number of benzene rings is 2. The van der Waals surface area contributed by atoms with Crippen LogP contribution in [0.3, 0.4) is 0 Å². The molecule has 0 aromatic heterocycles. The average molecular weight is 326 g/mol. The van der Waals surface area contributed by atoms with Crippen molar-refractivity contribution in [3.8, 4) is 11.1 Å². The van der Waals surface area contributed by atoms with Crippen LogP contribution in [0.4, 0.5) is 4.39 Å². The highest BCUT2D eigenvalue weighted by Crippen LogP contribution is 2.31. The molecule has 0 saturated heterocycles. The SMILES string of the molecule is C=C(C)c1ccc(CC)cc1-c1ccc(C(C)(C)C)cc1.CCF. The highest BCUT2D eigenvalue weighted by Gasteiger charge is 2.14. The van der Waals surface area contributed by atoms with E-state index in [1.54, 1.807) is 0 Å². The fourth-order valence-electron chi connectivity index (χ4n) is 2.57. The summed E-state index contributed by atoms with van der Waals surface area (Å²) in [4.78, 5) is 0. The third kappa shape index (κ3) is 5.33. The summed E-state index contributed by atoms with van der Waals surface area (Å²) in [6, 6.07) is 15.7. The topological polar surface area (TPSA) is 0 Å². The number of rotatable bonds is 3. The Morgan fingerprint density at radius 3 is 1.96 bits per heavy atom. The molecule has 0 aliphatic heterocycles. The Labute approximate surface area is 147 Å². The zero-order valence-corrected chi connectivity index (χ0v) is 16.0. The number of halogens is 1. The molecule has 0 spiro atoms. The lowest BCUT2D eigenvalue weighted by Gasteiger charge is -2.20. The first-order valence-corrected chi connectivity index (χ1v) is 8.70. The summed E-state index contributed by atoms with van der Waals surface area (Å²) in [5, 5.41) is 0. The normalized spacial score (nSPS) is 10.8. The lowest BCUT2D eigenvalue weighted by atomic mass is 9.85. The minimum absolute atomic E-state index is 0.195. The van der Waals surface area contributed by atoms with Crippen LogP contribution in [0.5, 0.6) is 0 Å². The molecule has 0 nitrogen and oxygen atoms in total. The summed E-state index contributed by atoms with van der Waals surface area (Å²) in [6.07, 6.45) is 1.06. The number of hydrogen-bond donors (Lipinski definition) is 0. The summed E-state index contributed by atoms with van der Waals surface area (Å²) < 4.78 is 10.3. The Kier molecular flexibility index (Phi) is 7.41. The van der Waals surface area contributed by atoms with E-state index in [1.165, 1.54) is 34.7 Å². The summed E-state index contributed by atoms with van der Waals surface area (Å²) in [5.41, 5.74) is 7.87. The summed E-state index contributed by atoms with van der Waals surface area (Å²) in [6.45, 7) is 16.4. The zero-order valence-electron chi connectivity index (χ0n) is 16.0. The molecule has 0 heterocycles. The van der Waals surface area contributed by atoms with Crippen molar-refractivity contribution in [2.45, 2.75) is 53.4 Å². The van der Waals surface area contributed by atoms with Crippen molar-refractivity contribution in [1.29, 1.82) is 0 Å². The number of alkyl halides is 1. The molecule has 0 fully saturated rings. The van der Waals surface area contributed by atoms with Gasteiger partial charge in [-0.05, 0) is 53.5 Å². The van der Waals surface area contributed by atoms with Crippen LogP contribution in [0.15, 0.2) is 49.0 Å². The predicted octanol–water partition coefficient (Wildman–Crippen LogP) is 7.22. The van der Waals surface area contributed by atoms with Gasteiger partial charge in [0.2, 0.25) is 0 Å². The van der Waals surface area contributed by atoms with E-state index in [0.717, 1.165) is 12.0 Å². The van der Waals surface area contributed by atoms with Crippen LogP contribution in [-0.2, 0) is 11.8 Å². The summed E-state index contributed by atoms with van der Waals surface area (Å²) >= 11 is 0. The van der Waals surface area contributed by atoms with Gasteiger partial charge in [-0.25, -0.2) is 0 Å². The van der Waals surface area contributed by atoms with Gasteiger partial charge in [0.1, 0.15) is 0 Å². The summed E-state index contributed by atoms with van der Waals surface area (Å²) in [7, 11) is 0. The van der Waals surface area contributed by atoms with Crippen molar-refractivity contribution in [2.24, 2.45) is 0 Å². The van der Waals surface area contributed by atoms with E-state index >= 15 is 0 Å². The number of hydrogen-bond acceptors (Lipinski definition) is 0. The van der Waals surface area contributed by atoms with Gasteiger partial charge in [-0.15, -0.1) is 0 Å². The Bertz CT molecular complexity index is 657. The van der Waals surface area contributed by atoms with Gasteiger partial charge in [-0.1, -0.05) is 82.3 Å². The third-order valence-electron chi connectivity index (χ3n) is 4.01. The maximum Gasteiger partial charge on any atom is 0.0866 e. The van der Waals surface area contributed by atoms with Crippen LogP contribution < -0.4 is 0 Å². The fourth-order valence-corrected chi connectivity index (χ4v) is 2.57. The van der Waals surface area contributed by atoms with Crippen molar-refractivity contribution in [3.63, 3.8) is 0 Å². The highest BCUT2D eigenvalue weighted by molar-refractivity contribution is 5.80. The Morgan fingerprint density at radius 1 is 1.00 bits per heavy atom. The molecular weight excluding hydrogens is 295 g/mol. The van der Waals surface area contributed by atoms with E-state index in [1.807, 2.05) is 0 Å². The van der Waals surface area contributed by atoms with Gasteiger partial charge in [0.25, 0.3) is 0 Å². The standard InChI is InChI=1S/C21H26.C2H5F/c1-7-16-8-13-19(15(2)3)20(14-16)17-9-11-18(12-10-17)21(4,5)6;1-2-3/h8-14H,2,7H2,1,3-6H3;2H2,1H3. The molecule has 2 aromatic carbocycles. The van der Waals surface area contributed by atoms with Crippen LogP contribution >= 0.6 is 0 Å². The van der Waals surface area contributed by atoms with E-state index in [9.17, 15) is 4.39 Å². The molecule has 0 aliphatic rings. The molecule has 0 radical (unpaired) electrons. The lowest BCUT2D eigenvalue weighted by molar-refractivity contribution is 0.527. The van der Waals surface area contributed by atoms with E-state index < -0.39 is 0 Å². The molecule has 2 rings (SSSR count). The lowest BCUT2D eigenvalue weighted by Crippen LogP contribution is -2.10.